The Labute approximate surface area is 161 Å². The van der Waals surface area contributed by atoms with Crippen LogP contribution in [0.3, 0.4) is 0 Å². The van der Waals surface area contributed by atoms with E-state index in [0.29, 0.717) is 17.8 Å². The highest BCUT2D eigenvalue weighted by atomic mass is 19.1. The number of hydrogen-bond acceptors (Lipinski definition) is 3. The van der Waals surface area contributed by atoms with Gasteiger partial charge in [-0.25, -0.2) is 13.9 Å². The molecule has 6 nitrogen and oxygen atoms in total. The van der Waals surface area contributed by atoms with Crippen LogP contribution in [0.2, 0.25) is 0 Å². The Morgan fingerprint density at radius 1 is 1.29 bits per heavy atom. The summed E-state index contributed by atoms with van der Waals surface area (Å²) in [4.78, 5) is 29.6. The predicted molar refractivity (Wildman–Crippen MR) is 103 cm³/mol. The van der Waals surface area contributed by atoms with Gasteiger partial charge in [0.05, 0.1) is 11.7 Å². The minimum absolute atomic E-state index is 0.0158. The van der Waals surface area contributed by atoms with Crippen LogP contribution < -0.4 is 10.9 Å². The molecular formula is C21H23FN4O2. The number of aromatic nitrogens is 3. The van der Waals surface area contributed by atoms with E-state index in [0.717, 1.165) is 36.9 Å². The first kappa shape index (κ1) is 18.4. The lowest BCUT2D eigenvalue weighted by molar-refractivity contribution is -0.125. The number of nitrogens with one attached hydrogen (secondary N) is 2. The zero-order valence-electron chi connectivity index (χ0n) is 15.7. The second-order valence-corrected chi connectivity index (χ2v) is 7.52. The molecule has 1 aliphatic rings. The second-order valence-electron chi connectivity index (χ2n) is 7.52. The molecule has 1 atom stereocenters. The quantitative estimate of drug-likeness (QED) is 0.712. The fourth-order valence-electron chi connectivity index (χ4n) is 3.90. The normalized spacial score (nSPS) is 15.8. The fourth-order valence-corrected chi connectivity index (χ4v) is 3.90. The maximum Gasteiger partial charge on any atom is 0.272 e. The highest BCUT2D eigenvalue weighted by Crippen LogP contribution is 2.26. The van der Waals surface area contributed by atoms with Crippen LogP contribution in [0, 0.1) is 18.7 Å². The van der Waals surface area contributed by atoms with Crippen molar-refractivity contribution >= 4 is 11.6 Å². The zero-order valence-corrected chi connectivity index (χ0v) is 15.7. The number of H-pyrrole nitrogens is 1. The van der Waals surface area contributed by atoms with Crippen LogP contribution >= 0.6 is 0 Å². The van der Waals surface area contributed by atoms with Gasteiger partial charge in [0.1, 0.15) is 5.82 Å². The third kappa shape index (κ3) is 3.83. The molecule has 1 aliphatic carbocycles. The third-order valence-electron chi connectivity index (χ3n) is 5.36. The van der Waals surface area contributed by atoms with Crippen molar-refractivity contribution in [3.8, 4) is 0 Å². The summed E-state index contributed by atoms with van der Waals surface area (Å²) < 4.78 is 14.8. The molecule has 3 aromatic rings. The van der Waals surface area contributed by atoms with Gasteiger partial charge in [-0.3, -0.25) is 14.7 Å². The van der Waals surface area contributed by atoms with Crippen molar-refractivity contribution in [2.75, 3.05) is 0 Å². The number of rotatable bonds is 5. The Bertz CT molecular complexity index is 1050. The fraction of sp³-hybridized carbons (Fsp3) is 0.381. The molecule has 0 spiro atoms. The molecule has 4 rings (SSSR count). The third-order valence-corrected chi connectivity index (χ3v) is 5.36. The van der Waals surface area contributed by atoms with Gasteiger partial charge in [0.2, 0.25) is 5.91 Å². The second kappa shape index (κ2) is 7.58. The number of carbonyl (C=O) groups is 1. The Morgan fingerprint density at radius 2 is 2.00 bits per heavy atom. The van der Waals surface area contributed by atoms with Gasteiger partial charge < -0.3 is 5.32 Å². The number of fused-ring (bicyclic) bond motifs is 1. The van der Waals surface area contributed by atoms with E-state index in [1.54, 1.807) is 18.2 Å². The van der Waals surface area contributed by atoms with Crippen molar-refractivity contribution < 1.29 is 9.18 Å². The summed E-state index contributed by atoms with van der Waals surface area (Å²) >= 11 is 0. The molecule has 0 bridgehead atoms. The van der Waals surface area contributed by atoms with Gasteiger partial charge in [0, 0.05) is 30.2 Å². The van der Waals surface area contributed by atoms with E-state index < -0.39 is 0 Å². The predicted octanol–water partition coefficient (Wildman–Crippen LogP) is 3.06. The molecule has 0 saturated heterocycles. The maximum absolute atomic E-state index is 13.4. The molecule has 1 amide bonds. The van der Waals surface area contributed by atoms with Gasteiger partial charge >= 0.3 is 0 Å². The first-order chi connectivity index (χ1) is 13.5. The lowest BCUT2D eigenvalue weighted by Gasteiger charge is -2.21. The summed E-state index contributed by atoms with van der Waals surface area (Å²) in [7, 11) is 0. The van der Waals surface area contributed by atoms with Crippen LogP contribution in [-0.4, -0.2) is 20.5 Å². The van der Waals surface area contributed by atoms with Crippen molar-refractivity contribution in [1.82, 2.24) is 19.9 Å². The number of nitrogens with zero attached hydrogens (tertiary/aromatic N) is 2. The summed E-state index contributed by atoms with van der Waals surface area (Å²) in [5, 5.41) is 6.04. The van der Waals surface area contributed by atoms with Crippen LogP contribution in [0.15, 0.2) is 41.2 Å². The molecule has 28 heavy (non-hydrogen) atoms. The van der Waals surface area contributed by atoms with E-state index in [1.807, 2.05) is 6.92 Å². The Kier molecular flexibility index (Phi) is 4.98. The molecule has 2 N–H and O–H groups in total. The number of amides is 1. The van der Waals surface area contributed by atoms with E-state index in [9.17, 15) is 14.0 Å². The average molecular weight is 382 g/mol. The van der Waals surface area contributed by atoms with Crippen molar-refractivity contribution in [3.63, 3.8) is 0 Å². The van der Waals surface area contributed by atoms with Crippen molar-refractivity contribution in [2.45, 2.75) is 45.1 Å². The van der Waals surface area contributed by atoms with E-state index in [-0.39, 0.29) is 29.2 Å². The van der Waals surface area contributed by atoms with Crippen LogP contribution in [0.1, 0.15) is 48.7 Å². The summed E-state index contributed by atoms with van der Waals surface area (Å²) in [6.07, 6.45) is 4.30. The molecule has 2 aromatic heterocycles. The standard InChI is InChI=1S/C21H23FN4O2/c1-13-10-19-23-17(12-20(27)26(19)25-13)11-18(14-6-8-16(22)9-7-14)24-21(28)15-4-2-3-5-15/h6-10,12,15,18,25H,2-5,11H2,1H3,(H,24,28). The van der Waals surface area contributed by atoms with Crippen LogP contribution in [0.5, 0.6) is 0 Å². The summed E-state index contributed by atoms with van der Waals surface area (Å²) in [5.74, 6) is -0.288. The Morgan fingerprint density at radius 3 is 2.71 bits per heavy atom. The van der Waals surface area contributed by atoms with E-state index in [1.165, 1.54) is 22.7 Å². The van der Waals surface area contributed by atoms with Crippen LogP contribution in [0.25, 0.3) is 5.65 Å². The SMILES string of the molecule is Cc1cc2nc(CC(NC(=O)C3CCCC3)c3ccc(F)cc3)cc(=O)n2[nH]1. The number of aryl methyl sites for hydroxylation is 1. The average Bonchev–Trinajstić information content (AvgIpc) is 3.31. The molecule has 7 heteroatoms. The molecule has 1 unspecified atom stereocenters. The lowest BCUT2D eigenvalue weighted by atomic mass is 9.99. The minimum atomic E-state index is -0.372. The molecule has 146 valence electrons. The number of aromatic amines is 1. The molecule has 1 saturated carbocycles. The largest absolute Gasteiger partial charge is 0.349 e. The molecule has 1 fully saturated rings. The monoisotopic (exact) mass is 382 g/mol. The molecule has 1 aromatic carbocycles. The number of benzene rings is 1. The molecule has 0 radical (unpaired) electrons. The molecule has 2 heterocycles. The summed E-state index contributed by atoms with van der Waals surface area (Å²) in [5.41, 5.74) is 2.56. The summed E-state index contributed by atoms with van der Waals surface area (Å²) in [6.45, 7) is 1.86. The molecule has 0 aliphatic heterocycles. The number of carbonyl (C=O) groups excluding carboxylic acids is 1. The van der Waals surface area contributed by atoms with Crippen LogP contribution in [0.4, 0.5) is 4.39 Å². The van der Waals surface area contributed by atoms with E-state index >= 15 is 0 Å². The lowest BCUT2D eigenvalue weighted by Crippen LogP contribution is -2.34. The van der Waals surface area contributed by atoms with E-state index in [2.05, 4.69) is 15.4 Å². The summed E-state index contributed by atoms with van der Waals surface area (Å²) in [6, 6.07) is 9.00. The maximum atomic E-state index is 13.4. The molecular weight excluding hydrogens is 359 g/mol. The van der Waals surface area contributed by atoms with Crippen molar-refractivity contribution in [3.05, 3.63) is 69.5 Å². The number of hydrogen-bond donors (Lipinski definition) is 2. The van der Waals surface area contributed by atoms with Gasteiger partial charge in [0.15, 0.2) is 5.65 Å². The first-order valence-electron chi connectivity index (χ1n) is 9.64. The van der Waals surface area contributed by atoms with Crippen LogP contribution in [-0.2, 0) is 11.2 Å². The highest BCUT2D eigenvalue weighted by Gasteiger charge is 2.26. The van der Waals surface area contributed by atoms with Gasteiger partial charge in [-0.15, -0.1) is 0 Å². The zero-order chi connectivity index (χ0) is 19.7. The highest BCUT2D eigenvalue weighted by molar-refractivity contribution is 5.79. The van der Waals surface area contributed by atoms with E-state index in [4.69, 9.17) is 0 Å². The van der Waals surface area contributed by atoms with Crippen molar-refractivity contribution in [2.24, 2.45) is 5.92 Å². The van der Waals surface area contributed by atoms with Crippen molar-refractivity contribution in [1.29, 1.82) is 0 Å². The topological polar surface area (TPSA) is 79.3 Å². The number of halogens is 1. The Balaban J connectivity index is 1.63. The van der Waals surface area contributed by atoms with Gasteiger partial charge in [-0.1, -0.05) is 25.0 Å². The Hall–Kier alpha value is -2.96. The smallest absolute Gasteiger partial charge is 0.272 e. The van der Waals surface area contributed by atoms with Gasteiger partial charge in [-0.05, 0) is 37.5 Å². The first-order valence-corrected chi connectivity index (χ1v) is 9.64. The van der Waals surface area contributed by atoms with Gasteiger partial charge in [-0.2, -0.15) is 0 Å². The van der Waals surface area contributed by atoms with Gasteiger partial charge in [0.25, 0.3) is 5.56 Å². The minimum Gasteiger partial charge on any atom is -0.349 e.